The van der Waals surface area contributed by atoms with Crippen LogP contribution in [0.2, 0.25) is 0 Å². The van der Waals surface area contributed by atoms with Crippen LogP contribution in [0, 0.1) is 0 Å². The minimum absolute atomic E-state index is 0.147. The minimum atomic E-state index is 0.147. The van der Waals surface area contributed by atoms with Crippen molar-refractivity contribution < 1.29 is 4.74 Å². The summed E-state index contributed by atoms with van der Waals surface area (Å²) in [6.45, 7) is 2.99. The zero-order valence-corrected chi connectivity index (χ0v) is 10.1. The van der Waals surface area contributed by atoms with Crippen LogP contribution >= 0.6 is 0 Å². The average molecular weight is 231 g/mol. The molecule has 2 rings (SSSR count). The van der Waals surface area contributed by atoms with Gasteiger partial charge >= 0.3 is 0 Å². The largest absolute Gasteiger partial charge is 0.497 e. The van der Waals surface area contributed by atoms with Crippen LogP contribution in [-0.4, -0.2) is 23.9 Å². The normalized spacial score (nSPS) is 12.4. The Balaban J connectivity index is 2.26. The number of ether oxygens (including phenoxy) is 1. The first kappa shape index (κ1) is 11.7. The number of aromatic amines is 1. The van der Waals surface area contributed by atoms with E-state index in [1.54, 1.807) is 13.3 Å². The maximum atomic E-state index is 5.16. The lowest BCUT2D eigenvalue weighted by Crippen LogP contribution is -2.22. The highest BCUT2D eigenvalue weighted by molar-refractivity contribution is 5.32. The van der Waals surface area contributed by atoms with E-state index in [2.05, 4.69) is 34.6 Å². The summed E-state index contributed by atoms with van der Waals surface area (Å²) in [5.41, 5.74) is 2.26. The Labute approximate surface area is 101 Å². The number of hydrogen-bond acceptors (Lipinski definition) is 3. The molecule has 2 aromatic rings. The molecule has 0 fully saturated rings. The SMILES string of the molecule is CCNC(c1ccc(OC)cc1)c1ccn[nH]1. The Morgan fingerprint density at radius 2 is 2.06 bits per heavy atom. The van der Waals surface area contributed by atoms with Crippen LogP contribution in [0.4, 0.5) is 0 Å². The minimum Gasteiger partial charge on any atom is -0.497 e. The number of nitrogens with one attached hydrogen (secondary N) is 2. The molecule has 1 aromatic carbocycles. The number of H-pyrrole nitrogens is 1. The Morgan fingerprint density at radius 3 is 2.59 bits per heavy atom. The molecule has 4 heteroatoms. The second kappa shape index (κ2) is 5.50. The molecular weight excluding hydrogens is 214 g/mol. The number of benzene rings is 1. The van der Waals surface area contributed by atoms with Crippen LogP contribution in [-0.2, 0) is 0 Å². The standard InChI is InChI=1S/C13H17N3O/c1-3-14-13(12-8-9-15-16-12)10-4-6-11(17-2)7-5-10/h4-9,13-14H,3H2,1-2H3,(H,15,16). The monoisotopic (exact) mass is 231 g/mol. The highest BCUT2D eigenvalue weighted by Crippen LogP contribution is 2.22. The summed E-state index contributed by atoms with van der Waals surface area (Å²) in [5, 5.41) is 10.4. The van der Waals surface area contributed by atoms with Crippen LogP contribution in [0.3, 0.4) is 0 Å². The number of aromatic nitrogens is 2. The molecule has 0 bridgehead atoms. The second-order valence-electron chi connectivity index (χ2n) is 3.78. The topological polar surface area (TPSA) is 49.9 Å². The Hall–Kier alpha value is -1.81. The molecule has 1 atom stereocenters. The van der Waals surface area contributed by atoms with E-state index in [9.17, 15) is 0 Å². The summed E-state index contributed by atoms with van der Waals surface area (Å²) in [4.78, 5) is 0. The quantitative estimate of drug-likeness (QED) is 0.828. The van der Waals surface area contributed by atoms with Gasteiger partial charge in [0.05, 0.1) is 18.8 Å². The first-order valence-corrected chi connectivity index (χ1v) is 5.71. The van der Waals surface area contributed by atoms with E-state index in [1.165, 1.54) is 5.56 Å². The van der Waals surface area contributed by atoms with E-state index < -0.39 is 0 Å². The van der Waals surface area contributed by atoms with E-state index in [1.807, 2.05) is 18.2 Å². The van der Waals surface area contributed by atoms with Gasteiger partial charge in [-0.2, -0.15) is 5.10 Å². The van der Waals surface area contributed by atoms with Gasteiger partial charge in [-0.05, 0) is 30.3 Å². The fraction of sp³-hybridized carbons (Fsp3) is 0.308. The molecule has 1 unspecified atom stereocenters. The first-order valence-electron chi connectivity index (χ1n) is 5.71. The van der Waals surface area contributed by atoms with Crippen molar-refractivity contribution in [3.05, 3.63) is 47.8 Å². The van der Waals surface area contributed by atoms with Gasteiger partial charge < -0.3 is 10.1 Å². The van der Waals surface area contributed by atoms with Crippen molar-refractivity contribution in [3.8, 4) is 5.75 Å². The molecule has 2 N–H and O–H groups in total. The predicted molar refractivity (Wildman–Crippen MR) is 67.1 cm³/mol. The highest BCUT2D eigenvalue weighted by Gasteiger charge is 2.13. The zero-order valence-electron chi connectivity index (χ0n) is 10.1. The lowest BCUT2D eigenvalue weighted by Gasteiger charge is -2.17. The maximum absolute atomic E-state index is 5.16. The summed E-state index contributed by atoms with van der Waals surface area (Å²) in [5.74, 6) is 0.869. The number of methoxy groups -OCH3 is 1. The van der Waals surface area contributed by atoms with Crippen molar-refractivity contribution in [2.45, 2.75) is 13.0 Å². The lowest BCUT2D eigenvalue weighted by molar-refractivity contribution is 0.414. The Morgan fingerprint density at radius 1 is 1.29 bits per heavy atom. The third-order valence-corrected chi connectivity index (χ3v) is 2.69. The second-order valence-corrected chi connectivity index (χ2v) is 3.78. The van der Waals surface area contributed by atoms with E-state index in [4.69, 9.17) is 4.74 Å². The van der Waals surface area contributed by atoms with Crippen LogP contribution in [0.25, 0.3) is 0 Å². The third-order valence-electron chi connectivity index (χ3n) is 2.69. The van der Waals surface area contributed by atoms with Gasteiger partial charge in [0.15, 0.2) is 0 Å². The Kier molecular flexibility index (Phi) is 3.77. The fourth-order valence-electron chi connectivity index (χ4n) is 1.84. The van der Waals surface area contributed by atoms with Crippen LogP contribution in [0.1, 0.15) is 24.2 Å². The summed E-state index contributed by atoms with van der Waals surface area (Å²) >= 11 is 0. The molecule has 0 aliphatic carbocycles. The van der Waals surface area contributed by atoms with Crippen molar-refractivity contribution in [2.75, 3.05) is 13.7 Å². The number of hydrogen-bond donors (Lipinski definition) is 2. The molecule has 0 saturated carbocycles. The van der Waals surface area contributed by atoms with Gasteiger partial charge in [-0.3, -0.25) is 5.10 Å². The third kappa shape index (κ3) is 2.65. The summed E-state index contributed by atoms with van der Waals surface area (Å²) in [7, 11) is 1.67. The molecule has 1 aromatic heterocycles. The maximum Gasteiger partial charge on any atom is 0.118 e. The fourth-order valence-corrected chi connectivity index (χ4v) is 1.84. The molecular formula is C13H17N3O. The summed E-state index contributed by atoms with van der Waals surface area (Å²) < 4.78 is 5.16. The van der Waals surface area contributed by atoms with E-state index in [0.29, 0.717) is 0 Å². The van der Waals surface area contributed by atoms with Crippen molar-refractivity contribution in [1.29, 1.82) is 0 Å². The molecule has 4 nitrogen and oxygen atoms in total. The smallest absolute Gasteiger partial charge is 0.118 e. The van der Waals surface area contributed by atoms with Gasteiger partial charge in [-0.15, -0.1) is 0 Å². The van der Waals surface area contributed by atoms with Gasteiger partial charge in [0.2, 0.25) is 0 Å². The van der Waals surface area contributed by atoms with Crippen molar-refractivity contribution >= 4 is 0 Å². The molecule has 0 spiro atoms. The zero-order chi connectivity index (χ0) is 12.1. The molecule has 0 saturated heterocycles. The van der Waals surface area contributed by atoms with Crippen molar-refractivity contribution in [2.24, 2.45) is 0 Å². The summed E-state index contributed by atoms with van der Waals surface area (Å²) in [6.07, 6.45) is 1.77. The van der Waals surface area contributed by atoms with E-state index in [-0.39, 0.29) is 6.04 Å². The van der Waals surface area contributed by atoms with Gasteiger partial charge in [-0.25, -0.2) is 0 Å². The van der Waals surface area contributed by atoms with Gasteiger partial charge in [-0.1, -0.05) is 19.1 Å². The van der Waals surface area contributed by atoms with E-state index >= 15 is 0 Å². The Bertz CT molecular complexity index is 436. The van der Waals surface area contributed by atoms with Gasteiger partial charge in [0, 0.05) is 6.20 Å². The van der Waals surface area contributed by atoms with Crippen LogP contribution < -0.4 is 10.1 Å². The molecule has 17 heavy (non-hydrogen) atoms. The molecule has 0 amide bonds. The van der Waals surface area contributed by atoms with Crippen LogP contribution in [0.15, 0.2) is 36.5 Å². The number of nitrogens with zero attached hydrogens (tertiary/aromatic N) is 1. The van der Waals surface area contributed by atoms with Crippen LogP contribution in [0.5, 0.6) is 5.75 Å². The predicted octanol–water partition coefficient (Wildman–Crippen LogP) is 2.12. The lowest BCUT2D eigenvalue weighted by atomic mass is 10.0. The molecule has 0 radical (unpaired) electrons. The van der Waals surface area contributed by atoms with Crippen molar-refractivity contribution in [3.63, 3.8) is 0 Å². The molecule has 0 aliphatic heterocycles. The van der Waals surface area contributed by atoms with E-state index in [0.717, 1.165) is 18.0 Å². The van der Waals surface area contributed by atoms with Crippen molar-refractivity contribution in [1.82, 2.24) is 15.5 Å². The molecule has 0 aliphatic rings. The molecule has 1 heterocycles. The molecule has 90 valence electrons. The highest BCUT2D eigenvalue weighted by atomic mass is 16.5. The summed E-state index contributed by atoms with van der Waals surface area (Å²) in [6, 6.07) is 10.2. The van der Waals surface area contributed by atoms with Gasteiger partial charge in [0.25, 0.3) is 0 Å². The van der Waals surface area contributed by atoms with Gasteiger partial charge in [0.1, 0.15) is 5.75 Å². The average Bonchev–Trinajstić information content (AvgIpc) is 2.90. The number of rotatable bonds is 5. The first-order chi connectivity index (χ1) is 8.35.